The van der Waals surface area contributed by atoms with Gasteiger partial charge in [0.2, 0.25) is 5.91 Å². The minimum atomic E-state index is -0.955. The van der Waals surface area contributed by atoms with Crippen LogP contribution in [0.25, 0.3) is 0 Å². The first-order valence-corrected chi connectivity index (χ1v) is 21.7. The fourth-order valence-corrected chi connectivity index (χ4v) is 8.32. The molecule has 0 saturated carbocycles. The van der Waals surface area contributed by atoms with Crippen LogP contribution in [0.15, 0.2) is 29.6 Å². The summed E-state index contributed by atoms with van der Waals surface area (Å²) in [7, 11) is 1.95. The molecule has 13 nitrogen and oxygen atoms in total. The number of carbonyl (C=O) groups excluding carboxylic acids is 6. The first kappa shape index (κ1) is 48.2. The number of likely N-dealkylation sites (tertiary alicyclic amines) is 1. The number of hydrogen-bond donors (Lipinski definition) is 2. The van der Waals surface area contributed by atoms with Crippen molar-refractivity contribution in [1.29, 1.82) is 0 Å². The van der Waals surface area contributed by atoms with Crippen LogP contribution in [-0.2, 0) is 39.9 Å². The van der Waals surface area contributed by atoms with E-state index in [4.69, 9.17) is 9.47 Å². The van der Waals surface area contributed by atoms with E-state index in [1.54, 1.807) is 29.6 Å². The number of thiazole rings is 1. The predicted octanol–water partition coefficient (Wildman–Crippen LogP) is 7.06. The number of nitrogens with one attached hydrogen (secondary N) is 1. The number of hydrogen-bond acceptors (Lipinski definition) is 12. The number of Topliss-reactive ketones (excluding diaryl/α,β-unsaturated/α-hetero) is 2. The number of amides is 2. The molecule has 0 aliphatic carbocycles. The van der Waals surface area contributed by atoms with Crippen molar-refractivity contribution < 1.29 is 43.3 Å². The molecule has 3 rings (SSSR count). The van der Waals surface area contributed by atoms with Crippen molar-refractivity contribution in [3.63, 3.8) is 0 Å². The van der Waals surface area contributed by atoms with Crippen LogP contribution in [0, 0.1) is 23.7 Å². The number of aromatic hydroxyl groups is 1. The SMILES string of the molecule is CCCC(=O)OCN(C(=O)[C@@H](CC(=O)[C@H]1CCCCN1C)C(C)CC)[C@H](C[C@H](OC(C)=O)c1nc(C(=O)N[C@H](Cc2ccc(O)cc2)C[C@H](C)C(C)=O)cs1)C(C)C. The zero-order valence-corrected chi connectivity index (χ0v) is 36.8. The van der Waals surface area contributed by atoms with Gasteiger partial charge in [-0.3, -0.25) is 33.7 Å². The van der Waals surface area contributed by atoms with Crippen LogP contribution in [0.2, 0.25) is 0 Å². The Labute approximate surface area is 348 Å². The van der Waals surface area contributed by atoms with Gasteiger partial charge in [0.15, 0.2) is 18.6 Å². The van der Waals surface area contributed by atoms with Crippen molar-refractivity contribution in [2.75, 3.05) is 20.3 Å². The lowest BCUT2D eigenvalue weighted by molar-refractivity contribution is -0.161. The minimum Gasteiger partial charge on any atom is -0.508 e. The maximum atomic E-state index is 14.8. The van der Waals surface area contributed by atoms with Crippen molar-refractivity contribution >= 4 is 46.7 Å². The summed E-state index contributed by atoms with van der Waals surface area (Å²) >= 11 is 1.15. The number of benzene rings is 1. The second-order valence-electron chi connectivity index (χ2n) is 16.4. The monoisotopic (exact) mass is 826 g/mol. The number of ether oxygens (including phenoxy) is 2. The number of ketones is 2. The Morgan fingerprint density at radius 2 is 1.71 bits per heavy atom. The summed E-state index contributed by atoms with van der Waals surface area (Å²) in [5.41, 5.74) is 0.974. The van der Waals surface area contributed by atoms with Crippen LogP contribution in [0.4, 0.5) is 0 Å². The van der Waals surface area contributed by atoms with E-state index in [1.165, 1.54) is 18.7 Å². The Kier molecular flexibility index (Phi) is 19.5. The number of phenolic OH excluding ortho intramolecular Hbond substituents is 1. The van der Waals surface area contributed by atoms with E-state index in [0.29, 0.717) is 30.7 Å². The van der Waals surface area contributed by atoms with Crippen molar-refractivity contribution in [1.82, 2.24) is 20.1 Å². The molecule has 1 unspecified atom stereocenters. The van der Waals surface area contributed by atoms with Gasteiger partial charge in [-0.15, -0.1) is 11.3 Å². The van der Waals surface area contributed by atoms with E-state index in [-0.39, 0.29) is 78.7 Å². The minimum absolute atomic E-state index is 0.00335. The molecule has 2 N–H and O–H groups in total. The lowest BCUT2D eigenvalue weighted by Gasteiger charge is -2.39. The molecule has 0 bridgehead atoms. The largest absolute Gasteiger partial charge is 0.508 e. The summed E-state index contributed by atoms with van der Waals surface area (Å²) < 4.78 is 11.5. The number of esters is 2. The highest BCUT2D eigenvalue weighted by atomic mass is 32.1. The molecule has 2 heterocycles. The molecule has 1 aliphatic rings. The average molecular weight is 827 g/mol. The highest BCUT2D eigenvalue weighted by Gasteiger charge is 2.39. The van der Waals surface area contributed by atoms with Gasteiger partial charge in [-0.2, -0.15) is 0 Å². The van der Waals surface area contributed by atoms with E-state index in [2.05, 4.69) is 15.2 Å². The lowest BCUT2D eigenvalue weighted by atomic mass is 9.82. The van der Waals surface area contributed by atoms with E-state index < -0.39 is 42.0 Å². The van der Waals surface area contributed by atoms with Crippen LogP contribution < -0.4 is 5.32 Å². The second kappa shape index (κ2) is 23.4. The maximum absolute atomic E-state index is 14.8. The third kappa shape index (κ3) is 14.6. The van der Waals surface area contributed by atoms with Gasteiger partial charge in [0.1, 0.15) is 22.2 Å². The number of nitrogens with zero attached hydrogens (tertiary/aromatic N) is 3. The van der Waals surface area contributed by atoms with Crippen LogP contribution in [0.1, 0.15) is 140 Å². The third-order valence-electron chi connectivity index (χ3n) is 11.4. The van der Waals surface area contributed by atoms with Gasteiger partial charge in [0, 0.05) is 55.5 Å². The van der Waals surface area contributed by atoms with Crippen LogP contribution in [0.3, 0.4) is 0 Å². The molecule has 58 heavy (non-hydrogen) atoms. The van der Waals surface area contributed by atoms with Gasteiger partial charge in [-0.1, -0.05) is 66.5 Å². The quantitative estimate of drug-likeness (QED) is 0.0868. The molecule has 14 heteroatoms. The molecule has 1 fully saturated rings. The van der Waals surface area contributed by atoms with Gasteiger partial charge in [-0.25, -0.2) is 4.98 Å². The molecule has 322 valence electrons. The van der Waals surface area contributed by atoms with E-state index >= 15 is 0 Å². The lowest BCUT2D eigenvalue weighted by Crippen LogP contribution is -2.50. The summed E-state index contributed by atoms with van der Waals surface area (Å²) in [6.07, 6.45) is 4.13. The first-order valence-electron chi connectivity index (χ1n) is 20.9. The number of rotatable bonds is 23. The Bertz CT molecular complexity index is 1680. The fraction of sp³-hybridized carbons (Fsp3) is 0.659. The van der Waals surface area contributed by atoms with Crippen LogP contribution in [0.5, 0.6) is 5.75 Å². The molecule has 0 radical (unpaired) electrons. The summed E-state index contributed by atoms with van der Waals surface area (Å²) in [5.74, 6) is -2.98. The van der Waals surface area contributed by atoms with E-state index in [1.807, 2.05) is 48.6 Å². The Balaban J connectivity index is 1.95. The molecule has 2 aromatic rings. The number of aromatic nitrogens is 1. The molecule has 1 aromatic heterocycles. The summed E-state index contributed by atoms with van der Waals surface area (Å²) in [6, 6.07) is 5.37. The third-order valence-corrected chi connectivity index (χ3v) is 12.3. The number of phenols is 1. The molecule has 7 atom stereocenters. The van der Waals surface area contributed by atoms with E-state index in [0.717, 1.165) is 42.7 Å². The molecular formula is C44H66N4O9S. The highest BCUT2D eigenvalue weighted by Crippen LogP contribution is 2.34. The molecule has 1 aromatic carbocycles. The van der Waals surface area contributed by atoms with Gasteiger partial charge in [-0.05, 0) is 82.2 Å². The maximum Gasteiger partial charge on any atom is 0.307 e. The zero-order valence-electron chi connectivity index (χ0n) is 36.0. The molecular weight excluding hydrogens is 761 g/mol. The standard InChI is InChI=1S/C44H66N4O9S/c1-10-14-41(53)56-26-48(44(55)35(28(5)11-2)23-39(52)37-15-12-13-20-47(37)9)38(27(3)4)24-40(57-31(8)50)43-46-36(25-58-43)42(54)45-33(21-29(6)30(7)49)22-32-16-18-34(51)19-17-32/h16-19,25,27-29,33,35,37-38,40,51H,10-15,20-24,26H2,1-9H3,(H,45,54)/t28?,29-,33-,35-,37+,38+,40-/m0/s1. The van der Waals surface area contributed by atoms with Crippen molar-refractivity contribution in [2.24, 2.45) is 23.7 Å². The smallest absolute Gasteiger partial charge is 0.307 e. The Morgan fingerprint density at radius 1 is 1.02 bits per heavy atom. The summed E-state index contributed by atoms with van der Waals surface area (Å²) in [6.45, 7) is 14.8. The number of piperidine rings is 1. The van der Waals surface area contributed by atoms with Gasteiger partial charge in [0.05, 0.1) is 6.04 Å². The molecule has 2 amide bonds. The highest BCUT2D eigenvalue weighted by molar-refractivity contribution is 7.09. The van der Waals surface area contributed by atoms with Crippen molar-refractivity contribution in [3.8, 4) is 5.75 Å². The van der Waals surface area contributed by atoms with Crippen molar-refractivity contribution in [2.45, 2.75) is 144 Å². The topological polar surface area (TPSA) is 173 Å². The zero-order chi connectivity index (χ0) is 43.1. The summed E-state index contributed by atoms with van der Waals surface area (Å²) in [5, 5.41) is 14.7. The van der Waals surface area contributed by atoms with E-state index in [9.17, 15) is 33.9 Å². The van der Waals surface area contributed by atoms with Crippen molar-refractivity contribution in [3.05, 3.63) is 45.9 Å². The number of carbonyl (C=O) groups is 6. The normalized spacial score (nSPS) is 17.7. The van der Waals surface area contributed by atoms with Gasteiger partial charge in [0.25, 0.3) is 5.91 Å². The van der Waals surface area contributed by atoms with Crippen LogP contribution in [-0.4, -0.2) is 93.7 Å². The Hall–Kier alpha value is -4.17. The summed E-state index contributed by atoms with van der Waals surface area (Å²) in [4.78, 5) is 88.0. The van der Waals surface area contributed by atoms with Gasteiger partial charge < -0.3 is 24.8 Å². The molecule has 1 saturated heterocycles. The second-order valence-corrected chi connectivity index (χ2v) is 17.3. The van der Waals surface area contributed by atoms with Crippen LogP contribution >= 0.6 is 11.3 Å². The molecule has 0 spiro atoms. The Morgan fingerprint density at radius 3 is 2.29 bits per heavy atom. The average Bonchev–Trinajstić information content (AvgIpc) is 3.67. The molecule has 1 aliphatic heterocycles. The predicted molar refractivity (Wildman–Crippen MR) is 223 cm³/mol. The fourth-order valence-electron chi connectivity index (χ4n) is 7.48. The van der Waals surface area contributed by atoms with Gasteiger partial charge >= 0.3 is 11.9 Å². The first-order chi connectivity index (χ1) is 27.4. The number of likely N-dealkylation sites (N-methyl/N-ethyl adjacent to an activating group) is 1.